The molecule has 0 radical (unpaired) electrons. The molecule has 0 bridgehead atoms. The van der Waals surface area contributed by atoms with E-state index in [0.717, 1.165) is 58.7 Å². The topological polar surface area (TPSA) is 127 Å². The minimum Gasteiger partial charge on any atom is -0.481 e. The second-order valence-corrected chi connectivity index (χ2v) is 13.1. The molecule has 0 saturated heterocycles. The molecule has 1 atom stereocenters. The minimum atomic E-state index is -0.604. The van der Waals surface area contributed by atoms with E-state index in [1.807, 2.05) is 99.6 Å². The average Bonchev–Trinajstić information content (AvgIpc) is 3.11. The number of aromatic nitrogens is 2. The summed E-state index contributed by atoms with van der Waals surface area (Å²) in [4.78, 5) is 35.1. The van der Waals surface area contributed by atoms with Crippen LogP contribution in [0.2, 0.25) is 0 Å². The van der Waals surface area contributed by atoms with E-state index in [1.54, 1.807) is 31.4 Å². The number of esters is 1. The second kappa shape index (κ2) is 21.7. The van der Waals surface area contributed by atoms with E-state index in [1.165, 1.54) is 6.21 Å². The smallest absolute Gasteiger partial charge is 0.308 e. The first-order valence-corrected chi connectivity index (χ1v) is 17.6. The zero-order valence-electron chi connectivity index (χ0n) is 32.5. The highest BCUT2D eigenvalue weighted by atomic mass is 16.6. The number of pyridine rings is 2. The molecular weight excluding hydrogens is 630 g/mol. The van der Waals surface area contributed by atoms with Crippen LogP contribution in [0.4, 0.5) is 11.5 Å². The van der Waals surface area contributed by atoms with Crippen LogP contribution in [-0.2, 0) is 38.3 Å². The van der Waals surface area contributed by atoms with Crippen molar-refractivity contribution in [2.75, 3.05) is 31.0 Å². The standard InChI is InChI=1S/C31H37N5O4.C5H12O.2C2H6/c1-31(2,3)40-29(38)17-27(23-12-15-28(39-4)33-19-23)35-26-9-5-7-21(25(26)18-32)10-13-24-14-11-22-8-6-16-36(20-37)30(22)34-24;1-5(2,3)6-4;2*1-2/h5,7,9,11-12,14-15,18-20,27,32,35H,6,8,10,13,16-17H2,1-4H3;1-4H3;2*1-2H3. The number of rotatable bonds is 11. The van der Waals surface area contributed by atoms with Crippen LogP contribution in [0.25, 0.3) is 0 Å². The number of nitrogens with zero attached hydrogens (tertiary/aromatic N) is 3. The number of aryl methyl sites for hydroxylation is 3. The Morgan fingerprint density at radius 3 is 2.20 bits per heavy atom. The molecular formula is C40H61N5O5. The van der Waals surface area contributed by atoms with Gasteiger partial charge < -0.3 is 24.9 Å². The summed E-state index contributed by atoms with van der Waals surface area (Å²) in [6, 6.07) is 13.1. The molecule has 10 nitrogen and oxygen atoms in total. The van der Waals surface area contributed by atoms with Crippen LogP contribution in [0.3, 0.4) is 0 Å². The number of methoxy groups -OCH3 is 2. The molecule has 3 aromatic rings. The molecule has 1 aliphatic heterocycles. The lowest BCUT2D eigenvalue weighted by Crippen LogP contribution is -2.29. The lowest BCUT2D eigenvalue weighted by atomic mass is 9.98. The second-order valence-electron chi connectivity index (χ2n) is 13.1. The number of fused-ring (bicyclic) bond motifs is 1. The molecule has 50 heavy (non-hydrogen) atoms. The quantitative estimate of drug-likeness (QED) is 0.116. The van der Waals surface area contributed by atoms with Crippen molar-refractivity contribution in [2.24, 2.45) is 0 Å². The summed E-state index contributed by atoms with van der Waals surface area (Å²) in [5.74, 6) is 0.893. The van der Waals surface area contributed by atoms with Gasteiger partial charge in [-0.3, -0.25) is 14.5 Å². The molecule has 3 heterocycles. The van der Waals surface area contributed by atoms with Crippen molar-refractivity contribution in [3.8, 4) is 5.88 Å². The molecule has 1 aromatic carbocycles. The first kappa shape index (κ1) is 43.7. The molecule has 1 unspecified atom stereocenters. The van der Waals surface area contributed by atoms with E-state index in [-0.39, 0.29) is 18.0 Å². The Morgan fingerprint density at radius 1 is 0.980 bits per heavy atom. The van der Waals surface area contributed by atoms with Crippen molar-refractivity contribution in [3.63, 3.8) is 0 Å². The van der Waals surface area contributed by atoms with Crippen LogP contribution in [0.5, 0.6) is 5.88 Å². The first-order valence-electron chi connectivity index (χ1n) is 17.6. The summed E-state index contributed by atoms with van der Waals surface area (Å²) in [7, 11) is 3.26. The van der Waals surface area contributed by atoms with Gasteiger partial charge in [-0.05, 0) is 96.0 Å². The summed E-state index contributed by atoms with van der Waals surface area (Å²) in [6.07, 6.45) is 7.13. The SMILES string of the molecule is CC.CC.COC(C)(C)C.COc1ccc(C(CC(=O)OC(C)(C)C)Nc2cccc(CCc3ccc4c(n3)N(C=O)CCC4)c2C=N)cn1. The third-order valence-electron chi connectivity index (χ3n) is 7.35. The Balaban J connectivity index is 0.00000111. The van der Waals surface area contributed by atoms with Crippen molar-refractivity contribution in [2.45, 2.75) is 119 Å². The summed E-state index contributed by atoms with van der Waals surface area (Å²) >= 11 is 0. The van der Waals surface area contributed by atoms with Gasteiger partial charge in [0.05, 0.1) is 25.2 Å². The third kappa shape index (κ3) is 14.7. The molecule has 276 valence electrons. The molecule has 2 N–H and O–H groups in total. The van der Waals surface area contributed by atoms with Crippen molar-refractivity contribution in [1.82, 2.24) is 9.97 Å². The highest BCUT2D eigenvalue weighted by Crippen LogP contribution is 2.29. The van der Waals surface area contributed by atoms with Crippen molar-refractivity contribution in [1.29, 1.82) is 5.41 Å². The molecule has 1 amide bonds. The van der Waals surface area contributed by atoms with Gasteiger partial charge in [0, 0.05) is 49.1 Å². The normalized spacial score (nSPS) is 12.6. The number of amides is 1. The highest BCUT2D eigenvalue weighted by molar-refractivity contribution is 5.88. The third-order valence-corrected chi connectivity index (χ3v) is 7.35. The van der Waals surface area contributed by atoms with Gasteiger partial charge in [-0.25, -0.2) is 9.97 Å². The molecule has 0 saturated carbocycles. The zero-order chi connectivity index (χ0) is 37.9. The fourth-order valence-corrected chi connectivity index (χ4v) is 4.85. The average molecular weight is 692 g/mol. The largest absolute Gasteiger partial charge is 0.481 e. The summed E-state index contributed by atoms with van der Waals surface area (Å²) in [5.41, 5.74) is 4.69. The molecule has 0 fully saturated rings. The predicted octanol–water partition coefficient (Wildman–Crippen LogP) is 8.55. The van der Waals surface area contributed by atoms with Crippen LogP contribution in [0.1, 0.15) is 116 Å². The minimum absolute atomic E-state index is 0.0417. The van der Waals surface area contributed by atoms with Gasteiger partial charge in [-0.1, -0.05) is 52.0 Å². The Morgan fingerprint density at radius 2 is 1.66 bits per heavy atom. The maximum atomic E-state index is 12.8. The number of carbonyl (C=O) groups is 2. The van der Waals surface area contributed by atoms with Crippen molar-refractivity contribution < 1.29 is 23.8 Å². The highest BCUT2D eigenvalue weighted by Gasteiger charge is 2.23. The number of benzene rings is 1. The van der Waals surface area contributed by atoms with Gasteiger partial charge in [0.1, 0.15) is 11.4 Å². The van der Waals surface area contributed by atoms with Crippen molar-refractivity contribution in [3.05, 3.63) is 76.6 Å². The van der Waals surface area contributed by atoms with Crippen LogP contribution in [0, 0.1) is 5.41 Å². The lowest BCUT2D eigenvalue weighted by Gasteiger charge is -2.25. The monoisotopic (exact) mass is 691 g/mol. The number of ether oxygens (including phenoxy) is 3. The number of anilines is 2. The van der Waals surface area contributed by atoms with Gasteiger partial charge >= 0.3 is 5.97 Å². The molecule has 0 spiro atoms. The lowest BCUT2D eigenvalue weighted by molar-refractivity contribution is -0.155. The first-order chi connectivity index (χ1) is 23.8. The van der Waals surface area contributed by atoms with E-state index in [2.05, 4.69) is 16.4 Å². The van der Waals surface area contributed by atoms with Crippen LogP contribution in [0.15, 0.2) is 48.7 Å². The van der Waals surface area contributed by atoms with Gasteiger partial charge in [0.25, 0.3) is 0 Å². The Hall–Kier alpha value is -4.31. The summed E-state index contributed by atoms with van der Waals surface area (Å²) in [5, 5.41) is 11.7. The van der Waals surface area contributed by atoms with Gasteiger partial charge in [-0.15, -0.1) is 0 Å². The van der Waals surface area contributed by atoms with E-state index in [4.69, 9.17) is 24.6 Å². The van der Waals surface area contributed by atoms with E-state index < -0.39 is 11.6 Å². The van der Waals surface area contributed by atoms with Crippen LogP contribution >= 0.6 is 0 Å². The molecule has 4 rings (SSSR count). The molecule has 1 aliphatic rings. The number of hydrogen-bond acceptors (Lipinski definition) is 9. The van der Waals surface area contributed by atoms with E-state index >= 15 is 0 Å². The number of hydrogen-bond donors (Lipinski definition) is 2. The fourth-order valence-electron chi connectivity index (χ4n) is 4.85. The van der Waals surface area contributed by atoms with Crippen molar-refractivity contribution >= 4 is 30.1 Å². The predicted molar refractivity (Wildman–Crippen MR) is 205 cm³/mol. The molecule has 10 heteroatoms. The summed E-state index contributed by atoms with van der Waals surface area (Å²) < 4.78 is 15.7. The molecule has 2 aromatic heterocycles. The Labute approximate surface area is 300 Å². The van der Waals surface area contributed by atoms with E-state index in [0.29, 0.717) is 25.3 Å². The number of carbonyl (C=O) groups excluding carboxylic acids is 2. The van der Waals surface area contributed by atoms with E-state index in [9.17, 15) is 9.59 Å². The van der Waals surface area contributed by atoms with Gasteiger partial charge in [-0.2, -0.15) is 0 Å². The number of nitrogens with one attached hydrogen (secondary N) is 2. The molecule has 0 aliphatic carbocycles. The Kier molecular flexibility index (Phi) is 19.0. The Bertz CT molecular complexity index is 1460. The van der Waals surface area contributed by atoms with Crippen LogP contribution in [-0.4, -0.2) is 60.5 Å². The maximum absolute atomic E-state index is 12.8. The van der Waals surface area contributed by atoms with Crippen LogP contribution < -0.4 is 15.0 Å². The van der Waals surface area contributed by atoms with Gasteiger partial charge in [0.2, 0.25) is 12.3 Å². The maximum Gasteiger partial charge on any atom is 0.308 e. The fraction of sp³-hybridized carbons (Fsp3) is 0.525. The zero-order valence-corrected chi connectivity index (χ0v) is 32.5. The van der Waals surface area contributed by atoms with Gasteiger partial charge in [0.15, 0.2) is 0 Å². The summed E-state index contributed by atoms with van der Waals surface area (Å²) in [6.45, 7) is 20.3.